The van der Waals surface area contributed by atoms with E-state index in [2.05, 4.69) is 0 Å². The Kier molecular flexibility index (Phi) is 16.1. The molecule has 0 aliphatic carbocycles. The minimum absolute atomic E-state index is 0.347. The molecule has 12 heteroatoms. The Morgan fingerprint density at radius 2 is 0.281 bits per heavy atom. The van der Waals surface area contributed by atoms with Crippen LogP contribution in [0.5, 0.6) is 0 Å². The number of nitrogens with zero attached hydrogens (tertiary/aromatic N) is 4. The Labute approximate surface area is 653 Å². The van der Waals surface area contributed by atoms with E-state index >= 15 is 0 Å². The van der Waals surface area contributed by atoms with E-state index < -0.39 is 0 Å². The first kappa shape index (κ1) is 67.7. The molecule has 0 radical (unpaired) electrons. The average Bonchev–Trinajstić information content (AvgIpc) is 0.746. The van der Waals surface area contributed by atoms with Crippen molar-refractivity contribution in [2.75, 3.05) is 19.6 Å². The second kappa shape index (κ2) is 27.2. The average molecular weight is 1470 g/mol. The molecule has 17 aromatic rings. The highest BCUT2D eigenvalue weighted by molar-refractivity contribution is 6.40. The zero-order valence-electron chi connectivity index (χ0n) is 60.7. The molecule has 21 rings (SSSR count). The molecule has 0 aromatic heterocycles. The Morgan fingerprint density at radius 1 is 0.123 bits per heavy atom. The van der Waals surface area contributed by atoms with Crippen LogP contribution in [0, 0.1) is 0 Å². The van der Waals surface area contributed by atoms with Crippen LogP contribution < -0.4 is 19.6 Å². The van der Waals surface area contributed by atoms with Crippen molar-refractivity contribution in [1.82, 2.24) is 0 Å². The van der Waals surface area contributed by atoms with Crippen LogP contribution >= 0.6 is 0 Å². The molecule has 0 fully saturated rings. The minimum Gasteiger partial charge on any atom is -0.268 e. The van der Waals surface area contributed by atoms with E-state index in [9.17, 15) is 38.4 Å². The fourth-order valence-corrected chi connectivity index (χ4v) is 16.9. The van der Waals surface area contributed by atoms with Gasteiger partial charge in [-0.05, 0) is 196 Å². The number of hydrogen-bond acceptors (Lipinski definition) is 8. The number of carbonyl (C=O) groups is 8. The van der Waals surface area contributed by atoms with Crippen molar-refractivity contribution in [3.63, 3.8) is 0 Å². The standard InChI is InChI=1S/C54H32N2O4.C48H28N2O4/c57-51-45-15-7-13-43-41(37-9-3-1-4-10-37)29-31-47(49(43)45)53(59)55(51)39-25-21-35(22-26-39)33-17-19-34(20-18-33)36-23-27-40(28-24-36)56-52(58)46-16-8-14-44-42(38-11-5-2-6-12-38)30-32-48(50(44)46)54(56)60;51-45-39-15-7-13-37-35(31-9-3-1-4-10-31)25-27-41(43(37)39)47(53)49(45)33-21-17-29(18-22-33)30-19-23-34(24-20-30)50-46(52)40-16-8-14-38-36(32-11-5-2-6-12-32)26-28-42(44(38)40)48(50)54/h1-32H;1-28H. The number of anilines is 4. The molecule has 0 bridgehead atoms. The van der Waals surface area contributed by atoms with Gasteiger partial charge in [0, 0.05) is 66.1 Å². The molecule has 4 aliphatic rings. The van der Waals surface area contributed by atoms with Crippen LogP contribution in [0.1, 0.15) is 82.9 Å². The van der Waals surface area contributed by atoms with Crippen LogP contribution in [0.15, 0.2) is 364 Å². The van der Waals surface area contributed by atoms with Gasteiger partial charge < -0.3 is 0 Å². The third kappa shape index (κ3) is 11.0. The van der Waals surface area contributed by atoms with E-state index in [0.717, 1.165) is 99.4 Å². The highest BCUT2D eigenvalue weighted by Gasteiger charge is 2.39. The molecule has 0 unspecified atom stereocenters. The smallest absolute Gasteiger partial charge is 0.265 e. The second-order valence-electron chi connectivity index (χ2n) is 28.6. The number of carbonyl (C=O) groups excluding carboxylic acids is 8. The first-order valence-corrected chi connectivity index (χ1v) is 37.4. The number of hydrogen-bond donors (Lipinski definition) is 0. The fraction of sp³-hybridized carbons (Fsp3) is 0. The predicted molar refractivity (Wildman–Crippen MR) is 451 cm³/mol. The topological polar surface area (TPSA) is 150 Å². The summed E-state index contributed by atoms with van der Waals surface area (Å²) in [5.41, 5.74) is 19.3. The van der Waals surface area contributed by atoms with Gasteiger partial charge >= 0.3 is 0 Å². The molecule has 0 spiro atoms. The summed E-state index contributed by atoms with van der Waals surface area (Å²) in [6.45, 7) is 0. The maximum atomic E-state index is 13.9. The number of rotatable bonds is 11. The normalized spacial score (nSPS) is 13.5. The lowest BCUT2D eigenvalue weighted by atomic mass is 9.89. The number of imide groups is 4. The Bertz CT molecular complexity index is 6460. The predicted octanol–water partition coefficient (Wildman–Crippen LogP) is 22.9. The zero-order chi connectivity index (χ0) is 77.0. The molecule has 12 nitrogen and oxygen atoms in total. The van der Waals surface area contributed by atoms with Gasteiger partial charge in [0.2, 0.25) is 0 Å². The van der Waals surface area contributed by atoms with E-state index in [1.54, 1.807) is 48.5 Å². The first-order valence-electron chi connectivity index (χ1n) is 37.4. The van der Waals surface area contributed by atoms with Crippen LogP contribution in [-0.2, 0) is 0 Å². The van der Waals surface area contributed by atoms with Gasteiger partial charge in [-0.25, -0.2) is 19.6 Å². The summed E-state index contributed by atoms with van der Waals surface area (Å²) in [7, 11) is 0. The number of benzene rings is 17. The van der Waals surface area contributed by atoms with E-state index in [4.69, 9.17) is 0 Å². The summed E-state index contributed by atoms with van der Waals surface area (Å²) in [6.07, 6.45) is 0. The number of amides is 8. The van der Waals surface area contributed by atoms with E-state index in [0.29, 0.717) is 88.8 Å². The van der Waals surface area contributed by atoms with Gasteiger partial charge in [-0.1, -0.05) is 267 Å². The molecule has 536 valence electrons. The van der Waals surface area contributed by atoms with Crippen LogP contribution in [0.3, 0.4) is 0 Å². The van der Waals surface area contributed by atoms with Gasteiger partial charge in [0.1, 0.15) is 0 Å². The van der Waals surface area contributed by atoms with Gasteiger partial charge in [0.05, 0.1) is 22.7 Å². The molecular formula is C102H60N4O8. The van der Waals surface area contributed by atoms with Crippen molar-refractivity contribution in [1.29, 1.82) is 0 Å². The molecule has 4 aliphatic heterocycles. The van der Waals surface area contributed by atoms with Gasteiger partial charge in [-0.15, -0.1) is 0 Å². The summed E-state index contributed by atoms with van der Waals surface area (Å²) in [5.74, 6) is -2.87. The molecule has 8 amide bonds. The van der Waals surface area contributed by atoms with Gasteiger partial charge in [0.15, 0.2) is 0 Å². The van der Waals surface area contributed by atoms with Crippen LogP contribution in [-0.4, -0.2) is 47.3 Å². The largest absolute Gasteiger partial charge is 0.268 e. The Morgan fingerprint density at radius 3 is 0.465 bits per heavy atom. The Hall–Kier alpha value is -15.7. The molecule has 17 aromatic carbocycles. The van der Waals surface area contributed by atoms with Crippen LogP contribution in [0.25, 0.3) is 121 Å². The van der Waals surface area contributed by atoms with Gasteiger partial charge in [-0.2, -0.15) is 0 Å². The van der Waals surface area contributed by atoms with Crippen molar-refractivity contribution in [3.8, 4) is 77.9 Å². The summed E-state index contributed by atoms with van der Waals surface area (Å²) in [5, 5.41) is 6.20. The highest BCUT2D eigenvalue weighted by atomic mass is 16.2. The fourth-order valence-electron chi connectivity index (χ4n) is 16.9. The molecule has 0 saturated carbocycles. The highest BCUT2D eigenvalue weighted by Crippen LogP contribution is 2.45. The molecule has 4 heterocycles. The SMILES string of the molecule is O=C1c2cccc3c(-c4ccccc4)ccc(c23)C(=O)N1c1ccc(-c2ccc(-c3ccc(N4C(=O)c5cccc6c(-c7ccccc7)ccc(c56)C4=O)cc3)cc2)cc1.O=C1c2cccc3c(-c4ccccc4)ccc(c23)C(=O)N1c1ccc(-c2ccc(N3C(=O)c4cccc5c(-c6ccccc6)ccc(c45)C3=O)cc2)cc1. The quantitative estimate of drug-likeness (QED) is 0.116. The van der Waals surface area contributed by atoms with Crippen LogP contribution in [0.4, 0.5) is 22.7 Å². The molecule has 0 atom stereocenters. The van der Waals surface area contributed by atoms with E-state index in [-0.39, 0.29) is 47.3 Å². The monoisotopic (exact) mass is 1470 g/mol. The second-order valence-corrected chi connectivity index (χ2v) is 28.6. The van der Waals surface area contributed by atoms with Gasteiger partial charge in [0.25, 0.3) is 47.3 Å². The van der Waals surface area contributed by atoms with Gasteiger partial charge in [-0.3, -0.25) is 38.4 Å². The van der Waals surface area contributed by atoms with Crippen molar-refractivity contribution >= 4 is 113 Å². The zero-order valence-corrected chi connectivity index (χ0v) is 60.7. The summed E-state index contributed by atoms with van der Waals surface area (Å²) < 4.78 is 0. The van der Waals surface area contributed by atoms with Crippen molar-refractivity contribution in [2.24, 2.45) is 0 Å². The summed E-state index contributed by atoms with van der Waals surface area (Å²) >= 11 is 0. The van der Waals surface area contributed by atoms with Crippen LogP contribution in [0.2, 0.25) is 0 Å². The molecular weight excluding hydrogens is 1410 g/mol. The summed E-state index contributed by atoms with van der Waals surface area (Å²) in [6, 6.07) is 115. The first-order chi connectivity index (χ1) is 55.9. The minimum atomic E-state index is -0.371. The third-order valence-corrected chi connectivity index (χ3v) is 22.4. The van der Waals surface area contributed by atoms with E-state index in [1.165, 1.54) is 19.6 Å². The maximum Gasteiger partial charge on any atom is 0.265 e. The van der Waals surface area contributed by atoms with Crippen molar-refractivity contribution < 1.29 is 38.4 Å². The molecule has 0 N–H and O–H groups in total. The lowest BCUT2D eigenvalue weighted by Gasteiger charge is -2.28. The summed E-state index contributed by atoms with van der Waals surface area (Å²) in [4.78, 5) is 116. The molecule has 114 heavy (non-hydrogen) atoms. The molecule has 0 saturated heterocycles. The lowest BCUT2D eigenvalue weighted by molar-refractivity contribution is 0.0877. The third-order valence-electron chi connectivity index (χ3n) is 22.4. The maximum absolute atomic E-state index is 13.9. The Balaban J connectivity index is 0.000000149. The van der Waals surface area contributed by atoms with E-state index in [1.807, 2.05) is 315 Å². The van der Waals surface area contributed by atoms with Crippen molar-refractivity contribution in [3.05, 3.63) is 408 Å². The lowest BCUT2D eigenvalue weighted by Crippen LogP contribution is -2.40. The van der Waals surface area contributed by atoms with Crippen molar-refractivity contribution in [2.45, 2.75) is 0 Å².